The number of carbonyl (C=O) groups is 2. The van der Waals surface area contributed by atoms with Crippen LogP contribution in [-0.4, -0.2) is 28.0 Å². The van der Waals surface area contributed by atoms with Crippen molar-refractivity contribution >= 4 is 28.2 Å². The lowest BCUT2D eigenvalue weighted by Crippen LogP contribution is -2.19. The van der Waals surface area contributed by atoms with Gasteiger partial charge in [-0.05, 0) is 19.4 Å². The molecular formula is C19H19N3O3S. The maximum Gasteiger partial charge on any atom is 0.341 e. The van der Waals surface area contributed by atoms with Crippen LogP contribution in [0.5, 0.6) is 0 Å². The standard InChI is InChI=1S/C19H19N3O3S/c1-3-25-19(24)17-15(14-6-4-13(2)5-7-14)11-26-18(17)21-16(23)10-22-9-8-20-12-22/h4-9,11-12H,3,10H2,1-2H3,(H,21,23). The van der Waals surface area contributed by atoms with E-state index >= 15 is 0 Å². The molecule has 3 aromatic rings. The molecule has 0 saturated carbocycles. The Kier molecular flexibility index (Phi) is 5.48. The first kappa shape index (κ1) is 17.9. The van der Waals surface area contributed by atoms with E-state index < -0.39 is 5.97 Å². The fourth-order valence-corrected chi connectivity index (χ4v) is 3.49. The molecule has 0 unspecified atom stereocenters. The van der Waals surface area contributed by atoms with Gasteiger partial charge in [0.05, 0.1) is 12.9 Å². The van der Waals surface area contributed by atoms with Gasteiger partial charge in [0.15, 0.2) is 0 Å². The molecule has 0 fully saturated rings. The summed E-state index contributed by atoms with van der Waals surface area (Å²) in [5.74, 6) is -0.673. The van der Waals surface area contributed by atoms with Gasteiger partial charge in [0.2, 0.25) is 5.91 Å². The van der Waals surface area contributed by atoms with Crippen LogP contribution in [0.15, 0.2) is 48.4 Å². The third kappa shape index (κ3) is 4.00. The Balaban J connectivity index is 1.90. The van der Waals surface area contributed by atoms with Crippen LogP contribution in [0.25, 0.3) is 11.1 Å². The van der Waals surface area contributed by atoms with Crippen molar-refractivity contribution in [2.24, 2.45) is 0 Å². The number of carbonyl (C=O) groups excluding carboxylic acids is 2. The van der Waals surface area contributed by atoms with Crippen LogP contribution in [0.3, 0.4) is 0 Å². The Morgan fingerprint density at radius 3 is 2.69 bits per heavy atom. The van der Waals surface area contributed by atoms with E-state index in [0.29, 0.717) is 10.6 Å². The summed E-state index contributed by atoms with van der Waals surface area (Å²) < 4.78 is 6.86. The number of thiophene rings is 1. The summed E-state index contributed by atoms with van der Waals surface area (Å²) in [5.41, 5.74) is 3.19. The van der Waals surface area contributed by atoms with Crippen molar-refractivity contribution in [1.82, 2.24) is 9.55 Å². The normalized spacial score (nSPS) is 10.5. The Hall–Kier alpha value is -2.93. The van der Waals surface area contributed by atoms with E-state index in [9.17, 15) is 9.59 Å². The van der Waals surface area contributed by atoms with E-state index in [-0.39, 0.29) is 19.1 Å². The van der Waals surface area contributed by atoms with E-state index in [0.717, 1.165) is 16.7 Å². The molecule has 0 aliphatic heterocycles. The average molecular weight is 369 g/mol. The van der Waals surface area contributed by atoms with Gasteiger partial charge in [-0.3, -0.25) is 4.79 Å². The van der Waals surface area contributed by atoms with Crippen LogP contribution in [0, 0.1) is 6.92 Å². The molecule has 0 spiro atoms. The highest BCUT2D eigenvalue weighted by atomic mass is 32.1. The highest BCUT2D eigenvalue weighted by Crippen LogP contribution is 2.36. The smallest absolute Gasteiger partial charge is 0.341 e. The largest absolute Gasteiger partial charge is 0.462 e. The van der Waals surface area contributed by atoms with E-state index in [1.807, 2.05) is 36.6 Å². The van der Waals surface area contributed by atoms with Gasteiger partial charge >= 0.3 is 5.97 Å². The van der Waals surface area contributed by atoms with E-state index in [1.54, 1.807) is 30.2 Å². The van der Waals surface area contributed by atoms with Crippen LogP contribution in [0.1, 0.15) is 22.8 Å². The molecule has 0 saturated heterocycles. The third-order valence-corrected chi connectivity index (χ3v) is 4.67. The molecule has 0 bridgehead atoms. The van der Waals surface area contributed by atoms with Gasteiger partial charge in [-0.25, -0.2) is 9.78 Å². The molecule has 1 aromatic carbocycles. The van der Waals surface area contributed by atoms with Gasteiger partial charge in [-0.2, -0.15) is 0 Å². The number of imidazole rings is 1. The highest BCUT2D eigenvalue weighted by Gasteiger charge is 2.22. The lowest BCUT2D eigenvalue weighted by atomic mass is 10.0. The number of hydrogen-bond acceptors (Lipinski definition) is 5. The zero-order valence-electron chi connectivity index (χ0n) is 14.6. The van der Waals surface area contributed by atoms with Crippen molar-refractivity contribution < 1.29 is 14.3 Å². The van der Waals surface area contributed by atoms with Crippen molar-refractivity contribution in [3.8, 4) is 11.1 Å². The van der Waals surface area contributed by atoms with Crippen molar-refractivity contribution in [2.75, 3.05) is 11.9 Å². The Labute approximate surface area is 155 Å². The third-order valence-electron chi connectivity index (χ3n) is 3.77. The molecule has 2 aromatic heterocycles. The summed E-state index contributed by atoms with van der Waals surface area (Å²) in [6, 6.07) is 7.88. The van der Waals surface area contributed by atoms with Crippen LogP contribution in [-0.2, 0) is 16.1 Å². The quantitative estimate of drug-likeness (QED) is 0.672. The first-order valence-electron chi connectivity index (χ1n) is 8.19. The van der Waals surface area contributed by atoms with Crippen LogP contribution >= 0.6 is 11.3 Å². The fraction of sp³-hybridized carbons (Fsp3) is 0.211. The molecule has 0 aliphatic carbocycles. The van der Waals surface area contributed by atoms with Gasteiger partial charge < -0.3 is 14.6 Å². The number of hydrogen-bond donors (Lipinski definition) is 1. The first-order chi connectivity index (χ1) is 12.6. The minimum Gasteiger partial charge on any atom is -0.462 e. The maximum absolute atomic E-state index is 12.5. The number of esters is 1. The molecule has 0 aliphatic rings. The van der Waals surface area contributed by atoms with E-state index in [2.05, 4.69) is 10.3 Å². The predicted octanol–water partition coefficient (Wildman–Crippen LogP) is 3.74. The minimum absolute atomic E-state index is 0.125. The summed E-state index contributed by atoms with van der Waals surface area (Å²) >= 11 is 1.31. The molecule has 0 atom stereocenters. The van der Waals surface area contributed by atoms with Crippen molar-refractivity contribution in [3.63, 3.8) is 0 Å². The average Bonchev–Trinajstić information content (AvgIpc) is 3.25. The van der Waals surface area contributed by atoms with Crippen molar-refractivity contribution in [3.05, 3.63) is 59.5 Å². The highest BCUT2D eigenvalue weighted by molar-refractivity contribution is 7.15. The van der Waals surface area contributed by atoms with Gasteiger partial charge in [-0.15, -0.1) is 11.3 Å². The zero-order chi connectivity index (χ0) is 18.5. The molecule has 2 heterocycles. The first-order valence-corrected chi connectivity index (χ1v) is 9.07. The fourth-order valence-electron chi connectivity index (χ4n) is 2.51. The molecule has 1 N–H and O–H groups in total. The molecule has 6 nitrogen and oxygen atoms in total. The lowest BCUT2D eigenvalue weighted by Gasteiger charge is -2.09. The van der Waals surface area contributed by atoms with Crippen molar-refractivity contribution in [1.29, 1.82) is 0 Å². The number of nitrogens with one attached hydrogen (secondary N) is 1. The molecule has 1 amide bonds. The lowest BCUT2D eigenvalue weighted by molar-refractivity contribution is -0.116. The summed E-state index contributed by atoms with van der Waals surface area (Å²) in [4.78, 5) is 28.7. The number of benzene rings is 1. The molecule has 0 radical (unpaired) electrons. The monoisotopic (exact) mass is 369 g/mol. The van der Waals surface area contributed by atoms with E-state index in [4.69, 9.17) is 4.74 Å². The number of ether oxygens (including phenoxy) is 1. The predicted molar refractivity (Wildman–Crippen MR) is 101 cm³/mol. The second kappa shape index (κ2) is 7.97. The topological polar surface area (TPSA) is 73.2 Å². The Bertz CT molecular complexity index is 899. The second-order valence-corrected chi connectivity index (χ2v) is 6.60. The number of amides is 1. The second-order valence-electron chi connectivity index (χ2n) is 5.72. The Morgan fingerprint density at radius 1 is 1.27 bits per heavy atom. The summed E-state index contributed by atoms with van der Waals surface area (Å²) in [6.45, 7) is 4.16. The summed E-state index contributed by atoms with van der Waals surface area (Å²) in [5, 5.41) is 5.17. The molecule has 3 rings (SSSR count). The number of aromatic nitrogens is 2. The van der Waals surface area contributed by atoms with Crippen LogP contribution in [0.4, 0.5) is 5.00 Å². The number of rotatable bonds is 6. The van der Waals surface area contributed by atoms with Gasteiger partial charge in [0.1, 0.15) is 17.1 Å². The van der Waals surface area contributed by atoms with Crippen molar-refractivity contribution in [2.45, 2.75) is 20.4 Å². The maximum atomic E-state index is 12.5. The number of anilines is 1. The van der Waals surface area contributed by atoms with Crippen LogP contribution < -0.4 is 5.32 Å². The number of nitrogens with zero attached hydrogens (tertiary/aromatic N) is 2. The minimum atomic E-state index is -0.442. The molecular weight excluding hydrogens is 350 g/mol. The van der Waals surface area contributed by atoms with Crippen LogP contribution in [0.2, 0.25) is 0 Å². The van der Waals surface area contributed by atoms with E-state index in [1.165, 1.54) is 11.3 Å². The summed E-state index contributed by atoms with van der Waals surface area (Å²) in [7, 11) is 0. The van der Waals surface area contributed by atoms with Gasteiger partial charge in [-0.1, -0.05) is 29.8 Å². The number of aryl methyl sites for hydroxylation is 1. The molecule has 134 valence electrons. The Morgan fingerprint density at radius 2 is 2.04 bits per heavy atom. The summed E-state index contributed by atoms with van der Waals surface area (Å²) in [6.07, 6.45) is 4.88. The SMILES string of the molecule is CCOC(=O)c1c(-c2ccc(C)cc2)csc1NC(=O)Cn1ccnc1. The molecule has 7 heteroatoms. The van der Waals surface area contributed by atoms with Gasteiger partial charge in [0.25, 0.3) is 0 Å². The zero-order valence-corrected chi connectivity index (χ0v) is 15.4. The molecule has 26 heavy (non-hydrogen) atoms. The van der Waals surface area contributed by atoms with Gasteiger partial charge in [0, 0.05) is 23.3 Å².